The second kappa shape index (κ2) is 10.4. The van der Waals surface area contributed by atoms with E-state index in [1.807, 2.05) is 55.5 Å². The number of nitrogens with one attached hydrogen (secondary N) is 1. The molecule has 1 N–H and O–H groups in total. The lowest BCUT2D eigenvalue weighted by atomic mass is 10.0. The predicted octanol–water partition coefficient (Wildman–Crippen LogP) is 3.08. The second-order valence-electron chi connectivity index (χ2n) is 8.74. The summed E-state index contributed by atoms with van der Waals surface area (Å²) >= 11 is 6.15. The van der Waals surface area contributed by atoms with Crippen LogP contribution in [0.5, 0.6) is 0 Å². The molecule has 4 rings (SSSR count). The maximum absolute atomic E-state index is 13.4. The molecule has 2 aromatic carbocycles. The molecule has 180 valence electrons. The normalized spacial score (nSPS) is 21.0. The maximum atomic E-state index is 13.4. The van der Waals surface area contributed by atoms with Crippen LogP contribution in [0.2, 0.25) is 5.02 Å². The van der Waals surface area contributed by atoms with E-state index in [0.717, 1.165) is 17.5 Å². The number of carbonyl (C=O) groups is 3. The average molecular weight is 484 g/mol. The highest BCUT2D eigenvalue weighted by Crippen LogP contribution is 2.29. The van der Waals surface area contributed by atoms with E-state index in [-0.39, 0.29) is 30.9 Å². The zero-order valence-electron chi connectivity index (χ0n) is 19.5. The zero-order valence-corrected chi connectivity index (χ0v) is 20.2. The molecule has 0 bridgehead atoms. The molecule has 4 amide bonds. The molecule has 2 aliphatic rings. The summed E-state index contributed by atoms with van der Waals surface area (Å²) in [5, 5.41) is 6.78. The Balaban J connectivity index is 1.59. The van der Waals surface area contributed by atoms with Gasteiger partial charge in [0, 0.05) is 25.2 Å². The third kappa shape index (κ3) is 5.03. The number of hydrazine groups is 1. The van der Waals surface area contributed by atoms with E-state index >= 15 is 0 Å². The third-order valence-electron chi connectivity index (χ3n) is 6.26. The summed E-state index contributed by atoms with van der Waals surface area (Å²) in [5.74, 6) is -0.241. The molecular formula is C25H30ClN5O3. The van der Waals surface area contributed by atoms with Gasteiger partial charge in [0.1, 0.15) is 12.2 Å². The van der Waals surface area contributed by atoms with Crippen molar-refractivity contribution in [1.82, 2.24) is 25.1 Å². The SMILES string of the molecule is CCCC1C(=O)N(Cc2cccc(Cl)c2)CC2N1C(=O)CN(C)N2C(=O)NCc1ccccc1. The van der Waals surface area contributed by atoms with Crippen LogP contribution < -0.4 is 5.32 Å². The first kappa shape index (κ1) is 24.0. The summed E-state index contributed by atoms with van der Waals surface area (Å²) in [6.45, 7) is 2.98. The number of nitrogens with zero attached hydrogens (tertiary/aromatic N) is 4. The van der Waals surface area contributed by atoms with E-state index in [9.17, 15) is 14.4 Å². The van der Waals surface area contributed by atoms with Gasteiger partial charge in [0.2, 0.25) is 11.8 Å². The Morgan fingerprint density at radius 1 is 1.09 bits per heavy atom. The Kier molecular flexibility index (Phi) is 7.38. The number of benzene rings is 2. The Morgan fingerprint density at radius 2 is 1.82 bits per heavy atom. The van der Waals surface area contributed by atoms with Gasteiger partial charge in [-0.1, -0.05) is 67.4 Å². The van der Waals surface area contributed by atoms with Crippen molar-refractivity contribution >= 4 is 29.4 Å². The summed E-state index contributed by atoms with van der Waals surface area (Å²) in [4.78, 5) is 43.2. The molecule has 34 heavy (non-hydrogen) atoms. The zero-order chi connectivity index (χ0) is 24.2. The van der Waals surface area contributed by atoms with Crippen molar-refractivity contribution in [2.75, 3.05) is 20.1 Å². The van der Waals surface area contributed by atoms with Crippen molar-refractivity contribution < 1.29 is 14.4 Å². The van der Waals surface area contributed by atoms with Gasteiger partial charge in [0.25, 0.3) is 0 Å². The minimum atomic E-state index is -0.603. The van der Waals surface area contributed by atoms with Gasteiger partial charge in [-0.2, -0.15) is 0 Å². The minimum absolute atomic E-state index is 0.0387. The summed E-state index contributed by atoms with van der Waals surface area (Å²) in [6.07, 6.45) is 0.694. The number of piperazine rings is 1. The summed E-state index contributed by atoms with van der Waals surface area (Å²) in [6, 6.07) is 16.1. The molecule has 2 fully saturated rings. The molecule has 2 aromatic rings. The number of amides is 4. The van der Waals surface area contributed by atoms with Crippen LogP contribution in [-0.2, 0) is 22.7 Å². The van der Waals surface area contributed by atoms with E-state index < -0.39 is 12.2 Å². The highest BCUT2D eigenvalue weighted by Gasteiger charge is 2.50. The van der Waals surface area contributed by atoms with Crippen LogP contribution in [0.1, 0.15) is 30.9 Å². The van der Waals surface area contributed by atoms with Crippen LogP contribution in [-0.4, -0.2) is 70.0 Å². The quantitative estimate of drug-likeness (QED) is 0.685. The van der Waals surface area contributed by atoms with Crippen molar-refractivity contribution in [3.63, 3.8) is 0 Å². The van der Waals surface area contributed by atoms with Crippen LogP contribution in [0, 0.1) is 0 Å². The monoisotopic (exact) mass is 483 g/mol. The van der Waals surface area contributed by atoms with Crippen molar-refractivity contribution in [2.24, 2.45) is 0 Å². The lowest BCUT2D eigenvalue weighted by Crippen LogP contribution is -2.75. The molecule has 2 atom stereocenters. The number of carbonyl (C=O) groups excluding carboxylic acids is 3. The van der Waals surface area contributed by atoms with Gasteiger partial charge in [-0.15, -0.1) is 0 Å². The molecule has 0 radical (unpaired) electrons. The fourth-order valence-corrected chi connectivity index (χ4v) is 4.92. The highest BCUT2D eigenvalue weighted by molar-refractivity contribution is 6.30. The number of rotatable bonds is 6. The molecule has 8 nitrogen and oxygen atoms in total. The average Bonchev–Trinajstić information content (AvgIpc) is 2.81. The molecule has 9 heteroatoms. The van der Waals surface area contributed by atoms with Gasteiger partial charge in [0.15, 0.2) is 0 Å². The fraction of sp³-hybridized carbons (Fsp3) is 0.400. The minimum Gasteiger partial charge on any atom is -0.333 e. The van der Waals surface area contributed by atoms with Gasteiger partial charge in [0.05, 0.1) is 13.1 Å². The number of urea groups is 1. The molecule has 0 aromatic heterocycles. The second-order valence-corrected chi connectivity index (χ2v) is 9.18. The predicted molar refractivity (Wildman–Crippen MR) is 129 cm³/mol. The molecular weight excluding hydrogens is 454 g/mol. The number of hydrogen-bond donors (Lipinski definition) is 1. The third-order valence-corrected chi connectivity index (χ3v) is 6.49. The van der Waals surface area contributed by atoms with Crippen LogP contribution >= 0.6 is 11.6 Å². The highest BCUT2D eigenvalue weighted by atomic mass is 35.5. The molecule has 2 saturated heterocycles. The molecule has 0 aliphatic carbocycles. The molecule has 2 aliphatic heterocycles. The Bertz CT molecular complexity index is 1050. The number of likely N-dealkylation sites (N-methyl/N-ethyl adjacent to an activating group) is 1. The number of hydrogen-bond acceptors (Lipinski definition) is 4. The van der Waals surface area contributed by atoms with Crippen molar-refractivity contribution in [3.8, 4) is 0 Å². The van der Waals surface area contributed by atoms with E-state index in [0.29, 0.717) is 24.5 Å². The topological polar surface area (TPSA) is 76.2 Å². The lowest BCUT2D eigenvalue weighted by Gasteiger charge is -2.54. The van der Waals surface area contributed by atoms with Gasteiger partial charge < -0.3 is 15.1 Å². The first-order chi connectivity index (χ1) is 16.4. The Hall–Kier alpha value is -3.10. The number of fused-ring (bicyclic) bond motifs is 1. The van der Waals surface area contributed by atoms with Gasteiger partial charge >= 0.3 is 6.03 Å². The van der Waals surface area contributed by atoms with E-state index in [4.69, 9.17) is 11.6 Å². The summed E-state index contributed by atoms with van der Waals surface area (Å²) < 4.78 is 0. The maximum Gasteiger partial charge on any atom is 0.334 e. The molecule has 2 unspecified atom stereocenters. The van der Waals surface area contributed by atoms with Crippen LogP contribution in [0.4, 0.5) is 4.79 Å². The molecule has 2 heterocycles. The van der Waals surface area contributed by atoms with Gasteiger partial charge in [-0.3, -0.25) is 9.59 Å². The van der Waals surface area contributed by atoms with E-state index in [1.54, 1.807) is 32.9 Å². The Labute approximate surface area is 205 Å². The van der Waals surface area contributed by atoms with Crippen molar-refractivity contribution in [3.05, 3.63) is 70.7 Å². The van der Waals surface area contributed by atoms with Gasteiger partial charge in [-0.05, 0) is 29.7 Å². The van der Waals surface area contributed by atoms with Crippen molar-refractivity contribution in [2.45, 2.75) is 45.1 Å². The number of halogens is 1. The lowest BCUT2D eigenvalue weighted by molar-refractivity contribution is -0.188. The van der Waals surface area contributed by atoms with Crippen molar-refractivity contribution in [1.29, 1.82) is 0 Å². The van der Waals surface area contributed by atoms with Crippen LogP contribution in [0.25, 0.3) is 0 Å². The molecule has 0 saturated carbocycles. The first-order valence-corrected chi connectivity index (χ1v) is 11.9. The Morgan fingerprint density at radius 3 is 2.53 bits per heavy atom. The standard InChI is InChI=1S/C25H30ClN5O3/c1-3-8-21-24(33)29(15-19-11-7-12-20(26)13-19)16-22-30(21)23(32)17-28(2)31(22)25(34)27-14-18-9-5-4-6-10-18/h4-7,9-13,21-22H,3,8,14-17H2,1-2H3,(H,27,34). The van der Waals surface area contributed by atoms with E-state index in [1.165, 1.54) is 0 Å². The summed E-state index contributed by atoms with van der Waals surface area (Å²) in [7, 11) is 1.73. The fourth-order valence-electron chi connectivity index (χ4n) is 4.71. The van der Waals surface area contributed by atoms with Gasteiger partial charge in [-0.25, -0.2) is 14.8 Å². The molecule has 0 spiro atoms. The van der Waals surface area contributed by atoms with Crippen LogP contribution in [0.3, 0.4) is 0 Å². The largest absolute Gasteiger partial charge is 0.334 e. The van der Waals surface area contributed by atoms with E-state index in [2.05, 4.69) is 5.32 Å². The first-order valence-electron chi connectivity index (χ1n) is 11.6. The summed E-state index contributed by atoms with van der Waals surface area (Å²) in [5.41, 5.74) is 1.88. The van der Waals surface area contributed by atoms with Crippen LogP contribution in [0.15, 0.2) is 54.6 Å². The smallest absolute Gasteiger partial charge is 0.333 e.